The molecule has 1 N–H and O–H groups in total. The quantitative estimate of drug-likeness (QED) is 0.528. The Morgan fingerprint density at radius 2 is 2.11 bits per heavy atom. The first-order valence-corrected chi connectivity index (χ1v) is 12.7. The topological polar surface area (TPSA) is 96.4 Å². The van der Waals surface area contributed by atoms with E-state index in [0.717, 1.165) is 16.0 Å². The Labute approximate surface area is 219 Å². The van der Waals surface area contributed by atoms with Gasteiger partial charge in [0, 0.05) is 41.3 Å². The van der Waals surface area contributed by atoms with Crippen molar-refractivity contribution in [2.45, 2.75) is 39.4 Å². The van der Waals surface area contributed by atoms with Crippen LogP contribution in [0.5, 0.6) is 5.75 Å². The van der Waals surface area contributed by atoms with Crippen LogP contribution in [0, 0.1) is 0 Å². The first kappa shape index (κ1) is 24.8. The van der Waals surface area contributed by atoms with Crippen LogP contribution in [-0.2, 0) is 11.3 Å². The van der Waals surface area contributed by atoms with Gasteiger partial charge >= 0.3 is 5.69 Å². The number of hydrogen-bond acceptors (Lipinski definition) is 6. The molecular formula is C27H29ClN6O3. The number of nitrogens with zero attached hydrogens (tertiary/aromatic N) is 5. The zero-order chi connectivity index (χ0) is 26.3. The molecule has 0 saturated carbocycles. The Balaban J connectivity index is 1.71. The Bertz CT molecular complexity index is 1600. The molecule has 9 nitrogen and oxygen atoms in total. The second-order valence-electron chi connectivity index (χ2n) is 9.34. The minimum Gasteiger partial charge on any atom is -0.489 e. The van der Waals surface area contributed by atoms with Gasteiger partial charge < -0.3 is 14.5 Å². The van der Waals surface area contributed by atoms with Crippen LogP contribution in [0.3, 0.4) is 0 Å². The van der Waals surface area contributed by atoms with Crippen molar-refractivity contribution in [2.75, 3.05) is 24.6 Å². The summed E-state index contributed by atoms with van der Waals surface area (Å²) >= 11 is 6.87. The van der Waals surface area contributed by atoms with Crippen molar-refractivity contribution >= 4 is 46.4 Å². The van der Waals surface area contributed by atoms with Crippen molar-refractivity contribution in [3.63, 3.8) is 0 Å². The molecule has 192 valence electrons. The van der Waals surface area contributed by atoms with E-state index >= 15 is 0 Å². The smallest absolute Gasteiger partial charge is 0.350 e. The molecule has 2 aliphatic rings. The fraction of sp³-hybridized carbons (Fsp3) is 0.333. The van der Waals surface area contributed by atoms with Crippen molar-refractivity contribution in [3.8, 4) is 5.75 Å². The maximum Gasteiger partial charge on any atom is 0.350 e. The molecule has 0 aliphatic carbocycles. The Morgan fingerprint density at radius 3 is 2.86 bits per heavy atom. The van der Waals surface area contributed by atoms with Crippen LogP contribution >= 0.6 is 11.6 Å². The maximum atomic E-state index is 13.2. The van der Waals surface area contributed by atoms with Crippen molar-refractivity contribution in [1.29, 1.82) is 0 Å². The van der Waals surface area contributed by atoms with Crippen LogP contribution in [-0.4, -0.2) is 62.3 Å². The number of ether oxygens (including phenoxy) is 1. The number of aromatic nitrogens is 4. The highest BCUT2D eigenvalue weighted by Gasteiger charge is 2.34. The average Bonchev–Trinajstić information content (AvgIpc) is 3.34. The van der Waals surface area contributed by atoms with Gasteiger partial charge in [0.1, 0.15) is 12.4 Å². The first-order valence-electron chi connectivity index (χ1n) is 12.3. The van der Waals surface area contributed by atoms with E-state index in [9.17, 15) is 9.59 Å². The summed E-state index contributed by atoms with van der Waals surface area (Å²) in [7, 11) is 0. The summed E-state index contributed by atoms with van der Waals surface area (Å²) in [5.74, 6) is 0.992. The highest BCUT2D eigenvalue weighted by molar-refractivity contribution is 6.33. The van der Waals surface area contributed by atoms with E-state index in [1.165, 1.54) is 6.08 Å². The molecule has 1 fully saturated rings. The number of nitrogens with one attached hydrogen (secondary N) is 1. The number of carbonyl (C=O) groups is 1. The standard InChI is InChI=1S/C27H29ClN6O3/c1-5-7-8-22-18(13-29-31-22)11-19-21(28)12-20-24-25(19)37-10-9-32(24)27(36)30-26(20)34-15-16(3)33(14-17(34)4)23(35)6-2/h5-8,11-13,16-17,31H,2,9-10,14-15H2,1,3-4H3/b7-5+,18-11+,22-8+/t16-,17+/m1/s1. The van der Waals surface area contributed by atoms with Gasteiger partial charge in [0.2, 0.25) is 5.91 Å². The number of halogens is 1. The van der Waals surface area contributed by atoms with E-state index in [1.807, 2.05) is 51.1 Å². The predicted octanol–water partition coefficient (Wildman–Crippen LogP) is 1.96. The molecule has 0 spiro atoms. The number of aromatic amines is 1. The van der Waals surface area contributed by atoms with E-state index in [4.69, 9.17) is 16.3 Å². The molecule has 1 aromatic carbocycles. The lowest BCUT2D eigenvalue weighted by Gasteiger charge is -2.44. The summed E-state index contributed by atoms with van der Waals surface area (Å²) in [5.41, 5.74) is 1.01. The van der Waals surface area contributed by atoms with Gasteiger partial charge in [0.15, 0.2) is 5.75 Å². The molecule has 1 saturated heterocycles. The molecule has 2 aromatic heterocycles. The molecule has 1 amide bonds. The molecule has 5 rings (SSSR count). The van der Waals surface area contributed by atoms with Crippen LogP contribution in [0.15, 0.2) is 41.9 Å². The van der Waals surface area contributed by atoms with Gasteiger partial charge in [0.25, 0.3) is 0 Å². The number of amides is 1. The van der Waals surface area contributed by atoms with Crippen molar-refractivity contribution < 1.29 is 9.53 Å². The van der Waals surface area contributed by atoms with Gasteiger partial charge in [-0.1, -0.05) is 30.3 Å². The van der Waals surface area contributed by atoms with Gasteiger partial charge in [-0.2, -0.15) is 10.1 Å². The molecule has 37 heavy (non-hydrogen) atoms. The molecule has 2 atom stereocenters. The van der Waals surface area contributed by atoms with Crippen LogP contribution in [0.4, 0.5) is 5.82 Å². The Morgan fingerprint density at radius 1 is 1.30 bits per heavy atom. The number of carbonyl (C=O) groups excluding carboxylic acids is 1. The minimum atomic E-state index is -0.338. The maximum absolute atomic E-state index is 13.2. The van der Waals surface area contributed by atoms with Crippen molar-refractivity contribution in [3.05, 3.63) is 68.7 Å². The van der Waals surface area contributed by atoms with E-state index in [2.05, 4.69) is 26.7 Å². The third-order valence-corrected chi connectivity index (χ3v) is 7.23. The van der Waals surface area contributed by atoms with Gasteiger partial charge in [-0.25, -0.2) is 4.79 Å². The highest BCUT2D eigenvalue weighted by atomic mass is 35.5. The van der Waals surface area contributed by atoms with E-state index in [-0.39, 0.29) is 23.7 Å². The largest absolute Gasteiger partial charge is 0.489 e. The number of allylic oxidation sites excluding steroid dienone is 2. The molecule has 0 bridgehead atoms. The fourth-order valence-corrected chi connectivity index (χ4v) is 5.32. The predicted molar refractivity (Wildman–Crippen MR) is 145 cm³/mol. The lowest BCUT2D eigenvalue weighted by atomic mass is 10.0. The summed E-state index contributed by atoms with van der Waals surface area (Å²) in [6.07, 6.45) is 10.8. The van der Waals surface area contributed by atoms with Crippen LogP contribution < -0.4 is 25.9 Å². The SMILES string of the molecule is C=CC(=O)N1C[C@H](C)N(c2nc(=O)n3c4c(c(\C=c5/cn[nH]/c5=C/C=C/C)c(Cl)cc24)OCC3)C[C@H]1C. The number of piperazine rings is 1. The summed E-state index contributed by atoms with van der Waals surface area (Å²) < 4.78 is 7.80. The molecule has 0 radical (unpaired) electrons. The molecular weight excluding hydrogens is 492 g/mol. The van der Waals surface area contributed by atoms with Crippen molar-refractivity contribution in [2.24, 2.45) is 0 Å². The van der Waals surface area contributed by atoms with Gasteiger partial charge in [0.05, 0.1) is 28.6 Å². The monoisotopic (exact) mass is 520 g/mol. The number of H-pyrrole nitrogens is 1. The zero-order valence-corrected chi connectivity index (χ0v) is 21.8. The molecule has 2 aliphatic heterocycles. The van der Waals surface area contributed by atoms with Crippen LogP contribution in [0.1, 0.15) is 26.3 Å². The molecule has 4 heterocycles. The third-order valence-electron chi connectivity index (χ3n) is 6.92. The normalized spacial score (nSPS) is 20.6. The summed E-state index contributed by atoms with van der Waals surface area (Å²) in [4.78, 5) is 33.9. The zero-order valence-electron chi connectivity index (χ0n) is 21.1. The number of anilines is 1. The van der Waals surface area contributed by atoms with E-state index in [1.54, 1.807) is 15.7 Å². The summed E-state index contributed by atoms with van der Waals surface area (Å²) in [5, 5.41) is 10.1. The summed E-state index contributed by atoms with van der Waals surface area (Å²) in [6, 6.07) is 1.70. The third kappa shape index (κ3) is 4.33. The second kappa shape index (κ2) is 9.89. The highest BCUT2D eigenvalue weighted by Crippen LogP contribution is 2.40. The first-order chi connectivity index (χ1) is 17.8. The number of benzene rings is 1. The molecule has 0 unspecified atom stereocenters. The van der Waals surface area contributed by atoms with Crippen molar-refractivity contribution in [1.82, 2.24) is 24.6 Å². The number of rotatable bonds is 4. The minimum absolute atomic E-state index is 0.0704. The number of hydrogen-bond donors (Lipinski definition) is 1. The summed E-state index contributed by atoms with van der Waals surface area (Å²) in [6.45, 7) is 11.3. The fourth-order valence-electron chi connectivity index (χ4n) is 5.07. The van der Waals surface area contributed by atoms with Crippen LogP contribution in [0.2, 0.25) is 5.02 Å². The van der Waals surface area contributed by atoms with Gasteiger partial charge in [-0.3, -0.25) is 14.5 Å². The van der Waals surface area contributed by atoms with E-state index in [0.29, 0.717) is 53.9 Å². The van der Waals surface area contributed by atoms with E-state index < -0.39 is 0 Å². The van der Waals surface area contributed by atoms with Gasteiger partial charge in [-0.15, -0.1) is 0 Å². The van der Waals surface area contributed by atoms with Gasteiger partial charge in [-0.05, 0) is 45.1 Å². The Kier molecular flexibility index (Phi) is 6.64. The Hall–Kier alpha value is -3.85. The molecule has 3 aromatic rings. The second-order valence-corrected chi connectivity index (χ2v) is 9.74. The lowest BCUT2D eigenvalue weighted by molar-refractivity contribution is -0.128. The lowest BCUT2D eigenvalue weighted by Crippen LogP contribution is -2.58. The van der Waals surface area contributed by atoms with Crippen LogP contribution in [0.25, 0.3) is 23.1 Å². The average molecular weight is 521 g/mol. The molecule has 10 heteroatoms.